The first-order chi connectivity index (χ1) is 9.06. The van der Waals surface area contributed by atoms with E-state index in [9.17, 15) is 0 Å². The van der Waals surface area contributed by atoms with E-state index in [2.05, 4.69) is 40.0 Å². The number of nitrogens with zero attached hydrogens (tertiary/aromatic N) is 1. The van der Waals surface area contributed by atoms with Crippen LogP contribution in [0.15, 0.2) is 50.9 Å². The van der Waals surface area contributed by atoms with E-state index < -0.39 is 0 Å². The number of aryl methyl sites for hydroxylation is 1. The van der Waals surface area contributed by atoms with Gasteiger partial charge in [-0.3, -0.25) is 0 Å². The summed E-state index contributed by atoms with van der Waals surface area (Å²) in [6.07, 6.45) is 2.79. The smallest absolute Gasteiger partial charge is 0.104 e. The van der Waals surface area contributed by atoms with Crippen molar-refractivity contribution >= 4 is 27.7 Å². The molecule has 2 nitrogen and oxygen atoms in total. The number of pyridine rings is 1. The van der Waals surface area contributed by atoms with Gasteiger partial charge in [-0.1, -0.05) is 30.0 Å². The molecule has 2 aromatic rings. The summed E-state index contributed by atoms with van der Waals surface area (Å²) in [5.41, 5.74) is 8.21. The molecule has 2 N–H and O–H groups in total. The third-order valence-corrected chi connectivity index (χ3v) is 4.84. The summed E-state index contributed by atoms with van der Waals surface area (Å²) in [6.45, 7) is 4.11. The molecule has 0 aliphatic carbocycles. The maximum Gasteiger partial charge on any atom is 0.104 e. The molecule has 4 heteroatoms. The molecule has 2 rings (SSSR count). The van der Waals surface area contributed by atoms with Crippen LogP contribution in [-0.4, -0.2) is 11.0 Å². The molecule has 0 amide bonds. The van der Waals surface area contributed by atoms with Crippen molar-refractivity contribution in [1.82, 2.24) is 4.98 Å². The van der Waals surface area contributed by atoms with Gasteiger partial charge in [0.05, 0.1) is 0 Å². The van der Waals surface area contributed by atoms with Crippen LogP contribution < -0.4 is 5.73 Å². The lowest BCUT2D eigenvalue weighted by molar-refractivity contribution is 0.733. The number of hydrogen-bond donors (Lipinski definition) is 1. The zero-order valence-corrected chi connectivity index (χ0v) is 13.5. The molecule has 1 aromatic heterocycles. The average Bonchev–Trinajstić information content (AvgIpc) is 2.34. The Kier molecular flexibility index (Phi) is 5.02. The Morgan fingerprint density at radius 2 is 2.11 bits per heavy atom. The van der Waals surface area contributed by atoms with E-state index in [4.69, 9.17) is 5.73 Å². The van der Waals surface area contributed by atoms with E-state index in [1.807, 2.05) is 31.3 Å². The Bertz CT molecular complexity index is 570. The van der Waals surface area contributed by atoms with Crippen LogP contribution in [0, 0.1) is 6.92 Å². The van der Waals surface area contributed by atoms with Gasteiger partial charge in [0.25, 0.3) is 0 Å². The summed E-state index contributed by atoms with van der Waals surface area (Å²) >= 11 is 5.24. The first kappa shape index (κ1) is 14.6. The van der Waals surface area contributed by atoms with Crippen molar-refractivity contribution in [1.29, 1.82) is 0 Å². The normalized spacial score (nSPS) is 12.4. The third kappa shape index (κ3) is 4.06. The van der Waals surface area contributed by atoms with E-state index in [0.717, 1.165) is 15.9 Å². The quantitative estimate of drug-likeness (QED) is 0.909. The Labute approximate surface area is 126 Å². The molecule has 19 heavy (non-hydrogen) atoms. The summed E-state index contributed by atoms with van der Waals surface area (Å²) in [5.74, 6) is 0. The lowest BCUT2D eigenvalue weighted by Gasteiger charge is -2.09. The summed E-state index contributed by atoms with van der Waals surface area (Å²) in [7, 11) is 0. The van der Waals surface area contributed by atoms with Gasteiger partial charge in [-0.05, 0) is 59.5 Å². The van der Waals surface area contributed by atoms with E-state index in [1.54, 1.807) is 11.8 Å². The largest absolute Gasteiger partial charge is 0.328 e. The molecule has 0 aliphatic heterocycles. The second-order valence-corrected chi connectivity index (χ2v) is 6.56. The molecule has 0 bridgehead atoms. The second-order valence-electron chi connectivity index (χ2n) is 4.68. The van der Waals surface area contributed by atoms with Gasteiger partial charge in [0.2, 0.25) is 0 Å². The minimum absolute atomic E-state index is 0.169. The molecule has 1 heterocycles. The maximum absolute atomic E-state index is 5.82. The molecule has 1 unspecified atom stereocenters. The van der Waals surface area contributed by atoms with Crippen molar-refractivity contribution in [2.24, 2.45) is 5.73 Å². The first-order valence-electron chi connectivity index (χ1n) is 6.19. The van der Waals surface area contributed by atoms with Crippen molar-refractivity contribution in [2.45, 2.75) is 36.2 Å². The predicted octanol–water partition coefficient (Wildman–Crippen LogP) is 4.19. The summed E-state index contributed by atoms with van der Waals surface area (Å²) in [5, 5.41) is 1.04. The lowest BCUT2D eigenvalue weighted by atomic mass is 10.1. The number of benzene rings is 1. The van der Waals surface area contributed by atoms with Gasteiger partial charge < -0.3 is 5.73 Å². The summed E-state index contributed by atoms with van der Waals surface area (Å²) in [4.78, 5) is 5.73. The minimum Gasteiger partial charge on any atom is -0.328 e. The Morgan fingerprint density at radius 1 is 1.37 bits per heavy atom. The second kappa shape index (κ2) is 6.55. The maximum atomic E-state index is 5.82. The Morgan fingerprint density at radius 3 is 2.74 bits per heavy atom. The van der Waals surface area contributed by atoms with Gasteiger partial charge in [0, 0.05) is 21.6 Å². The molecular formula is C15H17BrN2S. The van der Waals surface area contributed by atoms with Gasteiger partial charge in [0.1, 0.15) is 5.03 Å². The number of hydrogen-bond acceptors (Lipinski definition) is 3. The van der Waals surface area contributed by atoms with Crippen LogP contribution in [0.1, 0.15) is 18.1 Å². The highest BCUT2D eigenvalue weighted by Gasteiger charge is 2.07. The minimum atomic E-state index is 0.169. The Balaban J connectivity index is 2.20. The van der Waals surface area contributed by atoms with Gasteiger partial charge in [-0.15, -0.1) is 0 Å². The van der Waals surface area contributed by atoms with Crippen molar-refractivity contribution < 1.29 is 0 Å². The van der Waals surface area contributed by atoms with E-state index >= 15 is 0 Å². The van der Waals surface area contributed by atoms with Gasteiger partial charge in [-0.25, -0.2) is 4.98 Å². The SMILES string of the molecule is Cc1cc(CC(C)N)cnc1Sc1ccccc1Br. The van der Waals surface area contributed by atoms with Crippen LogP contribution in [0.25, 0.3) is 0 Å². The molecule has 0 spiro atoms. The zero-order valence-electron chi connectivity index (χ0n) is 11.1. The molecule has 1 aromatic carbocycles. The number of aromatic nitrogens is 1. The molecule has 0 radical (unpaired) electrons. The fourth-order valence-electron chi connectivity index (χ4n) is 1.84. The van der Waals surface area contributed by atoms with Crippen LogP contribution in [0.4, 0.5) is 0 Å². The van der Waals surface area contributed by atoms with Gasteiger partial charge in [0.15, 0.2) is 0 Å². The molecule has 0 saturated heterocycles. The van der Waals surface area contributed by atoms with Crippen LogP contribution in [0.5, 0.6) is 0 Å². The van der Waals surface area contributed by atoms with Gasteiger partial charge >= 0.3 is 0 Å². The molecule has 1 atom stereocenters. The zero-order chi connectivity index (χ0) is 13.8. The van der Waals surface area contributed by atoms with E-state index in [0.29, 0.717) is 0 Å². The first-order valence-corrected chi connectivity index (χ1v) is 7.80. The van der Waals surface area contributed by atoms with Crippen LogP contribution in [-0.2, 0) is 6.42 Å². The highest BCUT2D eigenvalue weighted by Crippen LogP contribution is 2.33. The van der Waals surface area contributed by atoms with Crippen LogP contribution >= 0.6 is 27.7 Å². The topological polar surface area (TPSA) is 38.9 Å². The van der Waals surface area contributed by atoms with Crippen LogP contribution in [0.3, 0.4) is 0 Å². The van der Waals surface area contributed by atoms with Crippen LogP contribution in [0.2, 0.25) is 0 Å². The summed E-state index contributed by atoms with van der Waals surface area (Å²) in [6, 6.07) is 10.5. The number of nitrogens with two attached hydrogens (primary N) is 1. The fourth-order valence-corrected chi connectivity index (χ4v) is 3.22. The molecule has 100 valence electrons. The van der Waals surface area contributed by atoms with Gasteiger partial charge in [-0.2, -0.15) is 0 Å². The summed E-state index contributed by atoms with van der Waals surface area (Å²) < 4.78 is 1.10. The lowest BCUT2D eigenvalue weighted by Crippen LogP contribution is -2.17. The molecule has 0 aliphatic rings. The van der Waals surface area contributed by atoms with E-state index in [1.165, 1.54) is 16.0 Å². The molecular weight excluding hydrogens is 320 g/mol. The highest BCUT2D eigenvalue weighted by molar-refractivity contribution is 9.10. The van der Waals surface area contributed by atoms with E-state index in [-0.39, 0.29) is 6.04 Å². The Hall–Kier alpha value is -0.840. The number of rotatable bonds is 4. The van der Waals surface area contributed by atoms with Crippen molar-refractivity contribution in [3.63, 3.8) is 0 Å². The highest BCUT2D eigenvalue weighted by atomic mass is 79.9. The molecule has 0 fully saturated rings. The third-order valence-electron chi connectivity index (χ3n) is 2.69. The van der Waals surface area contributed by atoms with Crippen molar-refractivity contribution in [3.05, 3.63) is 52.1 Å². The fraction of sp³-hybridized carbons (Fsp3) is 0.267. The predicted molar refractivity (Wildman–Crippen MR) is 84.6 cm³/mol. The average molecular weight is 337 g/mol. The number of halogens is 1. The van der Waals surface area contributed by atoms with Crippen molar-refractivity contribution in [3.8, 4) is 0 Å². The monoisotopic (exact) mass is 336 g/mol. The standard InChI is InChI=1S/C15H17BrN2S/c1-10-7-12(8-11(2)17)9-18-15(10)19-14-6-4-3-5-13(14)16/h3-7,9,11H,8,17H2,1-2H3. The van der Waals surface area contributed by atoms with Crippen molar-refractivity contribution in [2.75, 3.05) is 0 Å². The molecule has 0 saturated carbocycles.